The average molecular weight is 446 g/mol. The smallest absolute Gasteiger partial charge is 0.262 e. The topological polar surface area (TPSA) is 74.6 Å². The lowest BCUT2D eigenvalue weighted by Crippen LogP contribution is -2.21. The van der Waals surface area contributed by atoms with Crippen molar-refractivity contribution < 1.29 is 19.0 Å². The third-order valence-electron chi connectivity index (χ3n) is 5.52. The molecule has 7 heteroatoms. The van der Waals surface area contributed by atoms with E-state index < -0.39 is 0 Å². The third-order valence-corrected chi connectivity index (χ3v) is 5.52. The van der Waals surface area contributed by atoms with Crippen LogP contribution in [0.1, 0.15) is 17.0 Å². The Labute approximate surface area is 192 Å². The predicted octanol–water partition coefficient (Wildman–Crippen LogP) is 4.74. The van der Waals surface area contributed by atoms with Crippen LogP contribution in [-0.4, -0.2) is 36.5 Å². The number of fused-ring (bicyclic) bond motifs is 1. The van der Waals surface area contributed by atoms with E-state index >= 15 is 0 Å². The second-order valence-electron chi connectivity index (χ2n) is 7.74. The van der Waals surface area contributed by atoms with Gasteiger partial charge in [-0.1, -0.05) is 36.4 Å². The maximum Gasteiger partial charge on any atom is 0.262 e. The molecule has 0 aliphatic carbocycles. The van der Waals surface area contributed by atoms with E-state index in [-0.39, 0.29) is 12.5 Å². The standard InChI is InChI=1S/C26H27N3O4/c1-17-26(18(2)29(28-17)15-19-9-12-23(31-3)24(13-19)32-4)27-25(30)16-33-22-11-10-20-7-5-6-8-21(20)14-22/h5-14H,15-16H2,1-4H3,(H,27,30). The molecule has 1 amide bonds. The molecule has 1 N–H and O–H groups in total. The number of nitrogens with zero attached hydrogens (tertiary/aromatic N) is 2. The van der Waals surface area contributed by atoms with Gasteiger partial charge in [-0.15, -0.1) is 0 Å². The lowest BCUT2D eigenvalue weighted by Gasteiger charge is -2.11. The molecule has 3 aromatic carbocycles. The number of carbonyl (C=O) groups excluding carboxylic acids is 1. The number of aryl methyl sites for hydroxylation is 1. The quantitative estimate of drug-likeness (QED) is 0.424. The largest absolute Gasteiger partial charge is 0.493 e. The van der Waals surface area contributed by atoms with Crippen molar-refractivity contribution in [1.29, 1.82) is 0 Å². The van der Waals surface area contributed by atoms with Gasteiger partial charge in [0.05, 0.1) is 37.8 Å². The fraction of sp³-hybridized carbons (Fsp3) is 0.231. The van der Waals surface area contributed by atoms with Gasteiger partial charge in [0.25, 0.3) is 5.91 Å². The zero-order valence-electron chi connectivity index (χ0n) is 19.2. The van der Waals surface area contributed by atoms with E-state index in [2.05, 4.69) is 10.4 Å². The molecule has 170 valence electrons. The summed E-state index contributed by atoms with van der Waals surface area (Å²) in [4.78, 5) is 12.6. The number of amides is 1. The number of nitrogens with one attached hydrogen (secondary N) is 1. The van der Waals surface area contributed by atoms with Crippen LogP contribution in [-0.2, 0) is 11.3 Å². The Balaban J connectivity index is 1.42. The van der Waals surface area contributed by atoms with Gasteiger partial charge in [-0.3, -0.25) is 9.48 Å². The zero-order chi connectivity index (χ0) is 23.4. The number of anilines is 1. The molecule has 0 saturated heterocycles. The summed E-state index contributed by atoms with van der Waals surface area (Å²) in [5, 5.41) is 9.73. The molecule has 0 aliphatic heterocycles. The first kappa shape index (κ1) is 22.2. The van der Waals surface area contributed by atoms with E-state index in [0.29, 0.717) is 29.5 Å². The highest BCUT2D eigenvalue weighted by molar-refractivity contribution is 5.93. The van der Waals surface area contributed by atoms with E-state index in [0.717, 1.165) is 27.7 Å². The lowest BCUT2D eigenvalue weighted by atomic mass is 10.1. The number of ether oxygens (including phenoxy) is 3. The van der Waals surface area contributed by atoms with Gasteiger partial charge in [-0.25, -0.2) is 0 Å². The Morgan fingerprint density at radius 2 is 1.70 bits per heavy atom. The minimum atomic E-state index is -0.236. The first-order valence-electron chi connectivity index (χ1n) is 10.6. The van der Waals surface area contributed by atoms with E-state index in [1.807, 2.05) is 79.2 Å². The summed E-state index contributed by atoms with van der Waals surface area (Å²) in [6.45, 7) is 4.26. The fourth-order valence-electron chi connectivity index (χ4n) is 3.77. The molecule has 0 bridgehead atoms. The van der Waals surface area contributed by atoms with Crippen LogP contribution in [0, 0.1) is 13.8 Å². The van der Waals surface area contributed by atoms with Crippen molar-refractivity contribution in [2.75, 3.05) is 26.1 Å². The van der Waals surface area contributed by atoms with Crippen molar-refractivity contribution in [3.63, 3.8) is 0 Å². The van der Waals surface area contributed by atoms with Gasteiger partial charge >= 0.3 is 0 Å². The highest BCUT2D eigenvalue weighted by Gasteiger charge is 2.16. The van der Waals surface area contributed by atoms with Gasteiger partial charge < -0.3 is 19.5 Å². The Morgan fingerprint density at radius 3 is 2.45 bits per heavy atom. The second-order valence-corrected chi connectivity index (χ2v) is 7.74. The molecule has 33 heavy (non-hydrogen) atoms. The number of rotatable bonds is 8. The van der Waals surface area contributed by atoms with E-state index in [1.165, 1.54) is 0 Å². The van der Waals surface area contributed by atoms with Gasteiger partial charge in [-0.05, 0) is 54.4 Å². The molecule has 1 heterocycles. The number of methoxy groups -OCH3 is 2. The molecule has 0 unspecified atom stereocenters. The molecule has 0 radical (unpaired) electrons. The molecule has 7 nitrogen and oxygen atoms in total. The predicted molar refractivity (Wildman–Crippen MR) is 128 cm³/mol. The van der Waals surface area contributed by atoms with Crippen LogP contribution in [0.2, 0.25) is 0 Å². The van der Waals surface area contributed by atoms with Crippen molar-refractivity contribution in [3.05, 3.63) is 77.6 Å². The highest BCUT2D eigenvalue weighted by atomic mass is 16.5. The first-order chi connectivity index (χ1) is 16.0. The van der Waals surface area contributed by atoms with Gasteiger partial charge in [-0.2, -0.15) is 5.10 Å². The van der Waals surface area contributed by atoms with Crippen LogP contribution in [0.4, 0.5) is 5.69 Å². The molecule has 0 spiro atoms. The van der Waals surface area contributed by atoms with E-state index in [9.17, 15) is 4.79 Å². The Bertz CT molecular complexity index is 1300. The Hall–Kier alpha value is -4.00. The second kappa shape index (κ2) is 9.65. The molecule has 0 atom stereocenters. The summed E-state index contributed by atoms with van der Waals surface area (Å²) in [7, 11) is 3.22. The minimum Gasteiger partial charge on any atom is -0.493 e. The number of benzene rings is 3. The molecule has 0 fully saturated rings. The molecule has 0 saturated carbocycles. The van der Waals surface area contributed by atoms with E-state index in [1.54, 1.807) is 14.2 Å². The number of hydrogen-bond acceptors (Lipinski definition) is 5. The maximum atomic E-state index is 12.6. The molecular weight excluding hydrogens is 418 g/mol. The summed E-state index contributed by atoms with van der Waals surface area (Å²) in [6.07, 6.45) is 0. The number of aromatic nitrogens is 2. The fourth-order valence-corrected chi connectivity index (χ4v) is 3.77. The van der Waals surface area contributed by atoms with Crippen LogP contribution in [0.25, 0.3) is 10.8 Å². The van der Waals surface area contributed by atoms with Gasteiger partial charge in [0.2, 0.25) is 0 Å². The first-order valence-corrected chi connectivity index (χ1v) is 10.6. The molecule has 4 rings (SSSR count). The highest BCUT2D eigenvalue weighted by Crippen LogP contribution is 2.29. The van der Waals surface area contributed by atoms with Crippen LogP contribution in [0.5, 0.6) is 17.2 Å². The van der Waals surface area contributed by atoms with Crippen LogP contribution in [0.15, 0.2) is 60.7 Å². The zero-order valence-corrected chi connectivity index (χ0v) is 19.2. The third kappa shape index (κ3) is 4.92. The molecule has 0 aliphatic rings. The maximum absolute atomic E-state index is 12.6. The SMILES string of the molecule is COc1ccc(Cn2nc(C)c(NC(=O)COc3ccc4ccccc4c3)c2C)cc1OC. The number of hydrogen-bond donors (Lipinski definition) is 1. The van der Waals surface area contributed by atoms with E-state index in [4.69, 9.17) is 14.2 Å². The normalized spacial score (nSPS) is 10.8. The summed E-state index contributed by atoms with van der Waals surface area (Å²) in [5.74, 6) is 1.76. The average Bonchev–Trinajstić information content (AvgIpc) is 3.09. The van der Waals surface area contributed by atoms with Crippen LogP contribution in [0.3, 0.4) is 0 Å². The van der Waals surface area contributed by atoms with Gasteiger partial charge in [0.15, 0.2) is 18.1 Å². The van der Waals surface area contributed by atoms with Crippen molar-refractivity contribution >= 4 is 22.4 Å². The molecular formula is C26H27N3O4. The Kier molecular flexibility index (Phi) is 6.49. The van der Waals surface area contributed by atoms with Crippen molar-refractivity contribution in [3.8, 4) is 17.2 Å². The van der Waals surface area contributed by atoms with Gasteiger partial charge in [0.1, 0.15) is 5.75 Å². The van der Waals surface area contributed by atoms with Crippen molar-refractivity contribution in [2.24, 2.45) is 0 Å². The summed E-state index contributed by atoms with van der Waals surface area (Å²) < 4.78 is 18.3. The van der Waals surface area contributed by atoms with Crippen molar-refractivity contribution in [2.45, 2.75) is 20.4 Å². The van der Waals surface area contributed by atoms with Crippen LogP contribution >= 0.6 is 0 Å². The number of carbonyl (C=O) groups is 1. The minimum absolute atomic E-state index is 0.0852. The summed E-state index contributed by atoms with van der Waals surface area (Å²) >= 11 is 0. The molecule has 1 aromatic heterocycles. The van der Waals surface area contributed by atoms with Gasteiger partial charge in [0, 0.05) is 0 Å². The monoisotopic (exact) mass is 445 g/mol. The lowest BCUT2D eigenvalue weighted by molar-refractivity contribution is -0.118. The summed E-state index contributed by atoms with van der Waals surface area (Å²) in [5.41, 5.74) is 3.31. The Morgan fingerprint density at radius 1 is 0.939 bits per heavy atom. The van der Waals surface area contributed by atoms with Crippen LogP contribution < -0.4 is 19.5 Å². The molecule has 4 aromatic rings. The summed E-state index contributed by atoms with van der Waals surface area (Å²) in [6, 6.07) is 19.6. The van der Waals surface area contributed by atoms with Crippen molar-refractivity contribution in [1.82, 2.24) is 9.78 Å².